The minimum Gasteiger partial charge on any atom is -0.451 e. The lowest BCUT2D eigenvalue weighted by Crippen LogP contribution is -2.42. The highest BCUT2D eigenvalue weighted by atomic mass is 35.5. The van der Waals surface area contributed by atoms with Crippen LogP contribution in [0.1, 0.15) is 18.4 Å². The molecule has 8 heteroatoms. The lowest BCUT2D eigenvalue weighted by Gasteiger charge is -2.29. The molecule has 32 heavy (non-hydrogen) atoms. The zero-order valence-electron chi connectivity index (χ0n) is 17.7. The number of oxazole rings is 1. The Morgan fingerprint density at radius 3 is 2.59 bits per heavy atom. The largest absolute Gasteiger partial charge is 0.451 e. The number of hydrogen-bond donors (Lipinski definition) is 1. The summed E-state index contributed by atoms with van der Waals surface area (Å²) in [5, 5.41) is 3.52. The third-order valence-corrected chi connectivity index (χ3v) is 6.96. The monoisotopic (exact) mass is 469 g/mol. The predicted octanol–water partition coefficient (Wildman–Crippen LogP) is 5.42. The van der Waals surface area contributed by atoms with Gasteiger partial charge < -0.3 is 14.6 Å². The van der Waals surface area contributed by atoms with Crippen molar-refractivity contribution in [2.45, 2.75) is 19.8 Å². The Balaban J connectivity index is 1.50. The van der Waals surface area contributed by atoms with E-state index in [0.717, 1.165) is 41.2 Å². The van der Waals surface area contributed by atoms with Gasteiger partial charge >= 0.3 is 0 Å². The van der Waals surface area contributed by atoms with Crippen LogP contribution in [-0.2, 0) is 9.59 Å². The van der Waals surface area contributed by atoms with Crippen molar-refractivity contribution in [2.75, 3.05) is 28.3 Å². The Morgan fingerprint density at radius 1 is 1.19 bits per heavy atom. The van der Waals surface area contributed by atoms with Crippen LogP contribution < -0.4 is 10.2 Å². The van der Waals surface area contributed by atoms with Crippen molar-refractivity contribution in [1.82, 2.24) is 4.98 Å². The molecule has 0 spiro atoms. The molecular weight excluding hydrogens is 446 g/mol. The van der Waals surface area contributed by atoms with Gasteiger partial charge in [0.2, 0.25) is 11.8 Å². The van der Waals surface area contributed by atoms with E-state index in [1.165, 1.54) is 6.39 Å². The van der Waals surface area contributed by atoms with Crippen molar-refractivity contribution in [3.05, 3.63) is 65.7 Å². The summed E-state index contributed by atoms with van der Waals surface area (Å²) in [6.07, 6.45) is 4.60. The van der Waals surface area contributed by atoms with E-state index in [9.17, 15) is 9.59 Å². The highest BCUT2D eigenvalue weighted by Gasteiger charge is 2.28. The minimum absolute atomic E-state index is 0.0106. The van der Waals surface area contributed by atoms with Gasteiger partial charge in [-0.05, 0) is 67.2 Å². The van der Waals surface area contributed by atoms with Crippen LogP contribution in [0.4, 0.5) is 11.4 Å². The van der Waals surface area contributed by atoms with Crippen molar-refractivity contribution >= 4 is 46.6 Å². The second-order valence-corrected chi connectivity index (χ2v) is 9.38. The number of anilines is 2. The van der Waals surface area contributed by atoms with Crippen molar-refractivity contribution < 1.29 is 14.0 Å². The first-order chi connectivity index (χ1) is 15.5. The summed E-state index contributed by atoms with van der Waals surface area (Å²) in [4.78, 5) is 31.9. The van der Waals surface area contributed by atoms with E-state index in [0.29, 0.717) is 16.4 Å². The number of amides is 2. The lowest BCUT2D eigenvalue weighted by molar-refractivity contribution is -0.124. The standard InChI is InChI=1S/C24H24ClN3O3S/c1-16-12-20(6-7-21(16)25)28(24(30)18-8-10-32-11-9-18)13-23(29)27-19-4-2-17(3-5-19)22-14-31-15-26-22/h2-7,12,14-15,18H,8-11,13H2,1H3,(H,27,29). The van der Waals surface area contributed by atoms with Crippen molar-refractivity contribution in [2.24, 2.45) is 5.92 Å². The number of carbonyl (C=O) groups is 2. The van der Waals surface area contributed by atoms with Crippen LogP contribution in [0.15, 0.2) is 59.5 Å². The fourth-order valence-corrected chi connectivity index (χ4v) is 4.91. The number of aromatic nitrogens is 1. The maximum absolute atomic E-state index is 13.3. The summed E-state index contributed by atoms with van der Waals surface area (Å²) in [6, 6.07) is 12.8. The van der Waals surface area contributed by atoms with Gasteiger partial charge in [0.25, 0.3) is 0 Å². The molecule has 1 N–H and O–H groups in total. The van der Waals surface area contributed by atoms with E-state index >= 15 is 0 Å². The first kappa shape index (κ1) is 22.4. The molecule has 3 aromatic rings. The second-order valence-electron chi connectivity index (χ2n) is 7.74. The summed E-state index contributed by atoms with van der Waals surface area (Å²) in [5.74, 6) is 1.60. The maximum atomic E-state index is 13.3. The van der Waals surface area contributed by atoms with Gasteiger partial charge in [-0.25, -0.2) is 4.98 Å². The number of rotatable bonds is 6. The van der Waals surface area contributed by atoms with E-state index in [1.807, 2.05) is 36.9 Å². The van der Waals surface area contributed by atoms with Crippen LogP contribution in [-0.4, -0.2) is 34.8 Å². The van der Waals surface area contributed by atoms with Crippen LogP contribution in [0.5, 0.6) is 0 Å². The molecule has 1 aliphatic rings. The van der Waals surface area contributed by atoms with Crippen molar-refractivity contribution in [1.29, 1.82) is 0 Å². The number of benzene rings is 2. The molecule has 0 atom stereocenters. The van der Waals surface area contributed by atoms with Gasteiger partial charge in [0.15, 0.2) is 6.39 Å². The highest BCUT2D eigenvalue weighted by molar-refractivity contribution is 7.99. The summed E-state index contributed by atoms with van der Waals surface area (Å²) >= 11 is 8.05. The van der Waals surface area contributed by atoms with E-state index in [2.05, 4.69) is 10.3 Å². The van der Waals surface area contributed by atoms with Crippen molar-refractivity contribution in [3.63, 3.8) is 0 Å². The van der Waals surface area contributed by atoms with Crippen LogP contribution in [0.25, 0.3) is 11.3 Å². The van der Waals surface area contributed by atoms with E-state index < -0.39 is 0 Å². The molecule has 2 aromatic carbocycles. The average Bonchev–Trinajstić information content (AvgIpc) is 3.35. The first-order valence-corrected chi connectivity index (χ1v) is 12.0. The number of halogens is 1. The van der Waals surface area contributed by atoms with Crippen molar-refractivity contribution in [3.8, 4) is 11.3 Å². The van der Waals surface area contributed by atoms with Gasteiger partial charge in [-0.2, -0.15) is 11.8 Å². The van der Waals surface area contributed by atoms with Crippen LogP contribution in [0, 0.1) is 12.8 Å². The summed E-state index contributed by atoms with van der Waals surface area (Å²) in [5.41, 5.74) is 3.82. The highest BCUT2D eigenvalue weighted by Crippen LogP contribution is 2.29. The molecule has 0 radical (unpaired) electrons. The van der Waals surface area contributed by atoms with E-state index in [-0.39, 0.29) is 24.3 Å². The Labute approximate surface area is 196 Å². The van der Waals surface area contributed by atoms with Gasteiger partial charge in [0.05, 0.1) is 0 Å². The first-order valence-electron chi connectivity index (χ1n) is 10.4. The van der Waals surface area contributed by atoms with Gasteiger partial charge in [0, 0.05) is 27.9 Å². The Morgan fingerprint density at radius 2 is 1.94 bits per heavy atom. The Hall–Kier alpha value is -2.77. The molecular formula is C24H24ClN3O3S. The molecule has 0 aliphatic carbocycles. The van der Waals surface area contributed by atoms with Crippen LogP contribution in [0.3, 0.4) is 0 Å². The molecule has 1 aliphatic heterocycles. The zero-order valence-corrected chi connectivity index (χ0v) is 19.3. The van der Waals surface area contributed by atoms with E-state index in [4.69, 9.17) is 16.0 Å². The third kappa shape index (κ3) is 5.34. The molecule has 1 fully saturated rings. The second kappa shape index (κ2) is 10.2. The van der Waals surface area contributed by atoms with E-state index in [1.54, 1.807) is 35.4 Å². The maximum Gasteiger partial charge on any atom is 0.244 e. The summed E-state index contributed by atoms with van der Waals surface area (Å²) < 4.78 is 5.01. The molecule has 0 bridgehead atoms. The molecule has 2 amide bonds. The number of nitrogens with zero attached hydrogens (tertiary/aromatic N) is 2. The smallest absolute Gasteiger partial charge is 0.244 e. The van der Waals surface area contributed by atoms with Gasteiger partial charge in [-0.3, -0.25) is 9.59 Å². The number of thioether (sulfide) groups is 1. The topological polar surface area (TPSA) is 75.4 Å². The quantitative estimate of drug-likeness (QED) is 0.521. The number of aryl methyl sites for hydroxylation is 1. The normalized spacial score (nSPS) is 14.2. The Bertz CT molecular complexity index is 1080. The van der Waals surface area contributed by atoms with Gasteiger partial charge in [-0.15, -0.1) is 0 Å². The minimum atomic E-state index is -0.259. The third-order valence-electron chi connectivity index (χ3n) is 5.49. The molecule has 2 heterocycles. The number of nitrogens with one attached hydrogen (secondary N) is 1. The molecule has 166 valence electrons. The molecule has 1 aromatic heterocycles. The summed E-state index contributed by atoms with van der Waals surface area (Å²) in [6.45, 7) is 1.83. The van der Waals surface area contributed by atoms with Crippen LogP contribution in [0.2, 0.25) is 5.02 Å². The molecule has 1 saturated heterocycles. The molecule has 0 saturated carbocycles. The molecule has 4 rings (SSSR count). The van der Waals surface area contributed by atoms with Gasteiger partial charge in [0.1, 0.15) is 18.5 Å². The Kier molecular flexibility index (Phi) is 7.17. The van der Waals surface area contributed by atoms with Crippen LogP contribution >= 0.6 is 23.4 Å². The fourth-order valence-electron chi connectivity index (χ4n) is 3.68. The average molecular weight is 470 g/mol. The summed E-state index contributed by atoms with van der Waals surface area (Å²) in [7, 11) is 0. The lowest BCUT2D eigenvalue weighted by atomic mass is 10.0. The number of carbonyl (C=O) groups excluding carboxylic acids is 2. The predicted molar refractivity (Wildman–Crippen MR) is 129 cm³/mol. The SMILES string of the molecule is Cc1cc(N(CC(=O)Nc2ccc(-c3cocn3)cc2)C(=O)C2CCSCC2)ccc1Cl. The fraction of sp³-hybridized carbons (Fsp3) is 0.292. The molecule has 6 nitrogen and oxygen atoms in total. The zero-order chi connectivity index (χ0) is 22.5. The molecule has 0 unspecified atom stereocenters. The number of hydrogen-bond acceptors (Lipinski definition) is 5. The van der Waals surface area contributed by atoms with Gasteiger partial charge in [-0.1, -0.05) is 23.7 Å².